The predicted molar refractivity (Wildman–Crippen MR) is 161 cm³/mol. The molecule has 1 N–H and O–H groups in total. The lowest BCUT2D eigenvalue weighted by molar-refractivity contribution is -0.127. The van der Waals surface area contributed by atoms with Gasteiger partial charge in [0.15, 0.2) is 17.2 Å². The van der Waals surface area contributed by atoms with Crippen LogP contribution in [0.2, 0.25) is 0 Å². The molecule has 4 aromatic rings. The van der Waals surface area contributed by atoms with Crippen molar-refractivity contribution in [2.75, 3.05) is 24.5 Å². The van der Waals surface area contributed by atoms with Crippen LogP contribution >= 0.6 is 0 Å². The Morgan fingerprint density at radius 3 is 2.61 bits per heavy atom. The molecule has 44 heavy (non-hydrogen) atoms. The highest BCUT2D eigenvalue weighted by atomic mass is 19.1. The van der Waals surface area contributed by atoms with Crippen molar-refractivity contribution in [3.63, 3.8) is 0 Å². The molecule has 5 heterocycles. The SMILES string of the molecule is C=CC(=O)N1CCN2c3nc(=O)n(-c4c(C)ccnc4C(C)C)c4nc(-c5c(O)cccc5F)c(F)c(c34)/C=C\C(=O)C2C1. The maximum absolute atomic E-state index is 16.5. The van der Waals surface area contributed by atoms with Gasteiger partial charge in [0.1, 0.15) is 29.1 Å². The molecule has 0 spiro atoms. The van der Waals surface area contributed by atoms with E-state index in [1.165, 1.54) is 33.8 Å². The molecule has 1 atom stereocenters. The summed E-state index contributed by atoms with van der Waals surface area (Å²) in [6.45, 7) is 9.41. The Hall–Kier alpha value is -5.26. The number of amides is 1. The average molecular weight is 599 g/mol. The first-order valence-electron chi connectivity index (χ1n) is 14.0. The Kier molecular flexibility index (Phi) is 7.07. The van der Waals surface area contributed by atoms with Crippen LogP contribution in [0.4, 0.5) is 14.6 Å². The maximum atomic E-state index is 16.5. The number of aryl methyl sites for hydroxylation is 1. The van der Waals surface area contributed by atoms with Crippen molar-refractivity contribution >= 4 is 34.6 Å². The number of aromatic hydroxyl groups is 1. The lowest BCUT2D eigenvalue weighted by atomic mass is 9.98. The van der Waals surface area contributed by atoms with Gasteiger partial charge in [-0.15, -0.1) is 0 Å². The minimum absolute atomic E-state index is 0.00741. The van der Waals surface area contributed by atoms with Crippen LogP contribution in [0, 0.1) is 18.6 Å². The number of benzene rings is 1. The van der Waals surface area contributed by atoms with E-state index in [0.717, 1.165) is 12.1 Å². The first kappa shape index (κ1) is 28.8. The van der Waals surface area contributed by atoms with E-state index < -0.39 is 46.2 Å². The fraction of sp³-hybridized carbons (Fsp3) is 0.250. The average Bonchev–Trinajstić information content (AvgIpc) is 2.99. The van der Waals surface area contributed by atoms with Crippen LogP contribution < -0.4 is 10.6 Å². The third-order valence-corrected chi connectivity index (χ3v) is 8.02. The Morgan fingerprint density at radius 1 is 1.14 bits per heavy atom. The molecule has 1 aromatic carbocycles. The number of carbonyl (C=O) groups excluding carboxylic acids is 2. The maximum Gasteiger partial charge on any atom is 0.355 e. The number of hydrogen-bond donors (Lipinski definition) is 1. The summed E-state index contributed by atoms with van der Waals surface area (Å²) in [7, 11) is 0. The van der Waals surface area contributed by atoms with Gasteiger partial charge in [-0.25, -0.2) is 23.1 Å². The number of halogens is 2. The summed E-state index contributed by atoms with van der Waals surface area (Å²) in [4.78, 5) is 56.4. The van der Waals surface area contributed by atoms with Crippen LogP contribution in [0.25, 0.3) is 34.1 Å². The van der Waals surface area contributed by atoms with Crippen LogP contribution in [0.5, 0.6) is 5.75 Å². The second kappa shape index (κ2) is 10.8. The number of hydrogen-bond acceptors (Lipinski definition) is 8. The topological polar surface area (TPSA) is 122 Å². The molecular formula is C32H28F2N6O4. The summed E-state index contributed by atoms with van der Waals surface area (Å²) in [6, 6.07) is 4.33. The van der Waals surface area contributed by atoms with Gasteiger partial charge in [0.2, 0.25) is 5.91 Å². The lowest BCUT2D eigenvalue weighted by Crippen LogP contribution is -2.58. The Labute approximate surface area is 250 Å². The van der Waals surface area contributed by atoms with Crippen molar-refractivity contribution < 1.29 is 23.5 Å². The minimum atomic E-state index is -1.01. The van der Waals surface area contributed by atoms with Gasteiger partial charge in [-0.05, 0) is 54.8 Å². The molecule has 0 radical (unpaired) electrons. The van der Waals surface area contributed by atoms with Crippen molar-refractivity contribution in [1.82, 2.24) is 24.4 Å². The van der Waals surface area contributed by atoms with Crippen LogP contribution in [0.1, 0.15) is 36.6 Å². The molecule has 0 bridgehead atoms. The number of phenolic OH excluding ortho intramolecular Hbond substituents is 1. The summed E-state index contributed by atoms with van der Waals surface area (Å²) < 4.78 is 32.9. The van der Waals surface area contributed by atoms with E-state index in [1.807, 2.05) is 13.8 Å². The number of piperazine rings is 1. The molecule has 3 aromatic heterocycles. The van der Waals surface area contributed by atoms with Crippen LogP contribution in [0.15, 0.2) is 54.0 Å². The van der Waals surface area contributed by atoms with E-state index >= 15 is 8.78 Å². The Bertz CT molecular complexity index is 1970. The number of ketones is 1. The molecule has 2 aliphatic rings. The number of rotatable bonds is 4. The van der Waals surface area contributed by atoms with Crippen molar-refractivity contribution in [2.24, 2.45) is 0 Å². The van der Waals surface area contributed by atoms with E-state index in [0.29, 0.717) is 16.9 Å². The normalized spacial score (nSPS) is 17.0. The zero-order valence-electron chi connectivity index (χ0n) is 24.2. The quantitative estimate of drug-likeness (QED) is 0.349. The molecule has 1 amide bonds. The Balaban J connectivity index is 1.76. The number of fused-ring (bicyclic) bond motifs is 2. The molecule has 1 unspecified atom stereocenters. The van der Waals surface area contributed by atoms with Gasteiger partial charge >= 0.3 is 5.69 Å². The summed E-state index contributed by atoms with van der Waals surface area (Å²) in [5.74, 6) is -3.44. The fourth-order valence-electron chi connectivity index (χ4n) is 5.89. The first-order chi connectivity index (χ1) is 21.0. The predicted octanol–water partition coefficient (Wildman–Crippen LogP) is 4.06. The lowest BCUT2D eigenvalue weighted by Gasteiger charge is -2.41. The number of pyridine rings is 2. The van der Waals surface area contributed by atoms with Crippen molar-refractivity contribution in [2.45, 2.75) is 32.7 Å². The second-order valence-corrected chi connectivity index (χ2v) is 11.0. The summed E-state index contributed by atoms with van der Waals surface area (Å²) in [5.41, 5.74) is -0.433. The van der Waals surface area contributed by atoms with Gasteiger partial charge in [-0.3, -0.25) is 14.6 Å². The van der Waals surface area contributed by atoms with Crippen LogP contribution in [0.3, 0.4) is 0 Å². The number of phenols is 1. The molecule has 6 rings (SSSR count). The first-order valence-corrected chi connectivity index (χ1v) is 14.0. The molecule has 1 saturated heterocycles. The number of anilines is 1. The highest BCUT2D eigenvalue weighted by Crippen LogP contribution is 2.40. The standard InChI is InChI=1S/C32H28F2N6O4/c1-5-23(43)38-13-14-39-20(15-38)21(41)10-9-18-24-30(39)37-32(44)40(29-17(4)11-12-35-27(29)16(2)3)31(24)36-28(26(18)34)25-19(33)7-6-8-22(25)42/h5-12,16,20,42H,1,13-15H2,2-4H3/b10-9-. The van der Waals surface area contributed by atoms with Crippen LogP contribution in [-0.4, -0.2) is 66.9 Å². The summed E-state index contributed by atoms with van der Waals surface area (Å²) in [5, 5.41) is 10.7. The Morgan fingerprint density at radius 2 is 1.91 bits per heavy atom. The molecular weight excluding hydrogens is 570 g/mol. The molecule has 1 fully saturated rings. The monoisotopic (exact) mass is 598 g/mol. The van der Waals surface area contributed by atoms with E-state index in [1.54, 1.807) is 24.1 Å². The second-order valence-electron chi connectivity index (χ2n) is 11.0. The largest absolute Gasteiger partial charge is 0.507 e. The van der Waals surface area contributed by atoms with Gasteiger partial charge in [0, 0.05) is 31.4 Å². The van der Waals surface area contributed by atoms with Crippen LogP contribution in [-0.2, 0) is 9.59 Å². The molecule has 0 aliphatic carbocycles. The molecule has 2 aliphatic heterocycles. The van der Waals surface area contributed by atoms with Crippen molar-refractivity contribution in [3.05, 3.63) is 88.1 Å². The highest BCUT2D eigenvalue weighted by molar-refractivity contribution is 6.07. The zero-order chi connectivity index (χ0) is 31.4. The third kappa shape index (κ3) is 4.45. The van der Waals surface area contributed by atoms with Gasteiger partial charge in [-0.2, -0.15) is 4.98 Å². The van der Waals surface area contributed by atoms with E-state index in [4.69, 9.17) is 0 Å². The minimum Gasteiger partial charge on any atom is -0.507 e. The van der Waals surface area contributed by atoms with Crippen molar-refractivity contribution in [1.29, 1.82) is 0 Å². The van der Waals surface area contributed by atoms with Gasteiger partial charge in [-0.1, -0.05) is 26.5 Å². The van der Waals surface area contributed by atoms with Gasteiger partial charge in [0.05, 0.1) is 22.3 Å². The zero-order valence-corrected chi connectivity index (χ0v) is 24.2. The smallest absolute Gasteiger partial charge is 0.355 e. The third-order valence-electron chi connectivity index (χ3n) is 8.02. The fourth-order valence-corrected chi connectivity index (χ4v) is 5.89. The van der Waals surface area contributed by atoms with Gasteiger partial charge in [0.25, 0.3) is 0 Å². The summed E-state index contributed by atoms with van der Waals surface area (Å²) in [6.07, 6.45) is 5.21. The highest BCUT2D eigenvalue weighted by Gasteiger charge is 2.38. The molecule has 224 valence electrons. The van der Waals surface area contributed by atoms with Crippen molar-refractivity contribution in [3.8, 4) is 22.7 Å². The molecule has 0 saturated carbocycles. The van der Waals surface area contributed by atoms with E-state index in [-0.39, 0.29) is 53.9 Å². The number of aromatic nitrogens is 4. The molecule has 12 heteroatoms. The van der Waals surface area contributed by atoms with E-state index in [2.05, 4.69) is 21.5 Å². The van der Waals surface area contributed by atoms with Gasteiger partial charge < -0.3 is 14.9 Å². The number of carbonyl (C=O) groups is 2. The number of nitrogens with zero attached hydrogens (tertiary/aromatic N) is 6. The summed E-state index contributed by atoms with van der Waals surface area (Å²) >= 11 is 0. The molecule has 10 nitrogen and oxygen atoms in total. The van der Waals surface area contributed by atoms with E-state index in [9.17, 15) is 19.5 Å².